The number of likely N-dealkylation sites (tertiary alicyclic amines) is 1. The molecule has 1 saturated heterocycles. The molecule has 1 aromatic carbocycles. The lowest BCUT2D eigenvalue weighted by Crippen LogP contribution is -2.55. The molecule has 26 heavy (non-hydrogen) atoms. The summed E-state index contributed by atoms with van der Waals surface area (Å²) in [6.45, 7) is 5.14. The molecule has 3 N–H and O–H groups in total. The largest absolute Gasteiger partial charge is 0.454 e. The fourth-order valence-electron chi connectivity index (χ4n) is 3.55. The molecule has 0 radical (unpaired) electrons. The van der Waals surface area contributed by atoms with Gasteiger partial charge in [-0.3, -0.25) is 9.59 Å². The molecular formula is C19H27N3O4. The highest BCUT2D eigenvalue weighted by Crippen LogP contribution is 2.34. The van der Waals surface area contributed by atoms with E-state index in [4.69, 9.17) is 15.2 Å². The van der Waals surface area contributed by atoms with E-state index in [0.29, 0.717) is 49.5 Å². The van der Waals surface area contributed by atoms with Gasteiger partial charge < -0.3 is 25.4 Å². The van der Waals surface area contributed by atoms with Gasteiger partial charge in [-0.05, 0) is 38.3 Å². The van der Waals surface area contributed by atoms with Crippen LogP contribution in [0.3, 0.4) is 0 Å². The topological polar surface area (TPSA) is 93.9 Å². The van der Waals surface area contributed by atoms with Gasteiger partial charge in [-0.25, -0.2) is 0 Å². The summed E-state index contributed by atoms with van der Waals surface area (Å²) >= 11 is 0. The third-order valence-electron chi connectivity index (χ3n) is 5.05. The minimum absolute atomic E-state index is 0.0195. The van der Waals surface area contributed by atoms with Crippen LogP contribution >= 0.6 is 0 Å². The summed E-state index contributed by atoms with van der Waals surface area (Å²) in [5.74, 6) is 1.17. The van der Waals surface area contributed by atoms with Crippen LogP contribution in [0.15, 0.2) is 18.2 Å². The third-order valence-corrected chi connectivity index (χ3v) is 5.05. The maximum Gasteiger partial charge on any atom is 0.242 e. The van der Waals surface area contributed by atoms with Crippen LogP contribution in [-0.2, 0) is 9.59 Å². The minimum atomic E-state index is -0.823. The van der Waals surface area contributed by atoms with Gasteiger partial charge in [-0.1, -0.05) is 13.3 Å². The number of piperidine rings is 1. The van der Waals surface area contributed by atoms with Crippen LogP contribution in [0.2, 0.25) is 0 Å². The molecule has 1 fully saturated rings. The standard InChI is InChI=1S/C19H27N3O4/c1-3-8-19(2,20)18(24)22-9-6-13(7-10-22)17(23)21-14-4-5-15-16(11-14)26-12-25-15/h4-5,11,13H,3,6-10,12,20H2,1-2H3,(H,21,23). The average molecular weight is 361 g/mol. The highest BCUT2D eigenvalue weighted by Gasteiger charge is 2.35. The number of rotatable bonds is 5. The zero-order valence-corrected chi connectivity index (χ0v) is 15.4. The number of carbonyl (C=O) groups excluding carboxylic acids is 2. The van der Waals surface area contributed by atoms with Crippen LogP contribution in [0.1, 0.15) is 39.5 Å². The van der Waals surface area contributed by atoms with Crippen LogP contribution in [0, 0.1) is 5.92 Å². The van der Waals surface area contributed by atoms with Gasteiger partial charge in [0.1, 0.15) is 0 Å². The molecule has 1 atom stereocenters. The van der Waals surface area contributed by atoms with Gasteiger partial charge in [0.2, 0.25) is 18.6 Å². The van der Waals surface area contributed by atoms with Crippen molar-refractivity contribution in [1.29, 1.82) is 0 Å². The normalized spacial score (nSPS) is 19.1. The Bertz CT molecular complexity index is 681. The van der Waals surface area contributed by atoms with Crippen molar-refractivity contribution in [2.75, 3.05) is 25.2 Å². The Morgan fingerprint density at radius 3 is 2.65 bits per heavy atom. The molecular weight excluding hydrogens is 334 g/mol. The van der Waals surface area contributed by atoms with E-state index in [0.717, 1.165) is 6.42 Å². The van der Waals surface area contributed by atoms with Crippen molar-refractivity contribution >= 4 is 17.5 Å². The van der Waals surface area contributed by atoms with Gasteiger partial charge in [0.05, 0.1) is 5.54 Å². The van der Waals surface area contributed by atoms with Crippen molar-refractivity contribution in [3.05, 3.63) is 18.2 Å². The molecule has 7 nitrogen and oxygen atoms in total. The highest BCUT2D eigenvalue weighted by molar-refractivity contribution is 5.93. The molecule has 2 aliphatic heterocycles. The van der Waals surface area contributed by atoms with Crippen molar-refractivity contribution in [3.63, 3.8) is 0 Å². The van der Waals surface area contributed by atoms with Crippen molar-refractivity contribution in [2.24, 2.45) is 11.7 Å². The van der Waals surface area contributed by atoms with Crippen LogP contribution in [0.25, 0.3) is 0 Å². The van der Waals surface area contributed by atoms with E-state index in [1.54, 1.807) is 30.0 Å². The third kappa shape index (κ3) is 3.93. The van der Waals surface area contributed by atoms with Gasteiger partial charge in [0.15, 0.2) is 11.5 Å². The monoisotopic (exact) mass is 361 g/mol. The number of nitrogens with one attached hydrogen (secondary N) is 1. The van der Waals surface area contributed by atoms with E-state index >= 15 is 0 Å². The molecule has 7 heteroatoms. The molecule has 1 aromatic rings. The summed E-state index contributed by atoms with van der Waals surface area (Å²) in [7, 11) is 0. The van der Waals surface area contributed by atoms with Crippen molar-refractivity contribution < 1.29 is 19.1 Å². The summed E-state index contributed by atoms with van der Waals surface area (Å²) in [5.41, 5.74) is 6.02. The first kappa shape index (κ1) is 18.5. The summed E-state index contributed by atoms with van der Waals surface area (Å²) < 4.78 is 10.6. The molecule has 142 valence electrons. The molecule has 0 bridgehead atoms. The number of fused-ring (bicyclic) bond motifs is 1. The molecule has 3 rings (SSSR count). The van der Waals surface area contributed by atoms with E-state index in [1.165, 1.54) is 0 Å². The number of benzene rings is 1. The minimum Gasteiger partial charge on any atom is -0.454 e. The lowest BCUT2D eigenvalue weighted by Gasteiger charge is -2.36. The summed E-state index contributed by atoms with van der Waals surface area (Å²) in [4.78, 5) is 26.9. The lowest BCUT2D eigenvalue weighted by atomic mass is 9.91. The quantitative estimate of drug-likeness (QED) is 0.838. The second-order valence-corrected chi connectivity index (χ2v) is 7.29. The Labute approximate surface area is 153 Å². The Kier molecular flexibility index (Phi) is 5.36. The number of hydrogen-bond donors (Lipinski definition) is 2. The number of nitrogens with two attached hydrogens (primary N) is 1. The SMILES string of the molecule is CCCC(C)(N)C(=O)N1CCC(C(=O)Nc2ccc3c(c2)OCO3)CC1. The number of nitrogens with zero attached hydrogens (tertiary/aromatic N) is 1. The maximum atomic E-state index is 12.6. The predicted octanol–water partition coefficient (Wildman–Crippen LogP) is 2.11. The van der Waals surface area contributed by atoms with Crippen LogP contribution in [0.5, 0.6) is 11.5 Å². The molecule has 0 saturated carbocycles. The second-order valence-electron chi connectivity index (χ2n) is 7.29. The molecule has 0 spiro atoms. The fraction of sp³-hybridized carbons (Fsp3) is 0.579. The summed E-state index contributed by atoms with van der Waals surface area (Å²) in [6.07, 6.45) is 2.82. The van der Waals surface area contributed by atoms with Gasteiger partial charge in [-0.2, -0.15) is 0 Å². The van der Waals surface area contributed by atoms with Crippen LogP contribution < -0.4 is 20.5 Å². The first-order valence-electron chi connectivity index (χ1n) is 9.19. The Morgan fingerprint density at radius 1 is 1.27 bits per heavy atom. The average Bonchev–Trinajstić information content (AvgIpc) is 3.09. The molecule has 2 heterocycles. The number of carbonyl (C=O) groups is 2. The second kappa shape index (κ2) is 7.53. The zero-order chi connectivity index (χ0) is 18.7. The number of anilines is 1. The lowest BCUT2D eigenvalue weighted by molar-refractivity contribution is -0.139. The van der Waals surface area contributed by atoms with Gasteiger partial charge in [-0.15, -0.1) is 0 Å². The van der Waals surface area contributed by atoms with E-state index in [9.17, 15) is 9.59 Å². The van der Waals surface area contributed by atoms with E-state index < -0.39 is 5.54 Å². The van der Waals surface area contributed by atoms with Crippen molar-refractivity contribution in [3.8, 4) is 11.5 Å². The molecule has 1 unspecified atom stereocenters. The number of ether oxygens (including phenoxy) is 2. The van der Waals surface area contributed by atoms with E-state index in [-0.39, 0.29) is 24.5 Å². The fourth-order valence-corrected chi connectivity index (χ4v) is 3.55. The van der Waals surface area contributed by atoms with Crippen molar-refractivity contribution in [2.45, 2.75) is 45.1 Å². The molecule has 0 aromatic heterocycles. The number of hydrogen-bond acceptors (Lipinski definition) is 5. The first-order chi connectivity index (χ1) is 12.4. The van der Waals surface area contributed by atoms with Crippen LogP contribution in [0.4, 0.5) is 5.69 Å². The summed E-state index contributed by atoms with van der Waals surface area (Å²) in [5, 5.41) is 2.93. The van der Waals surface area contributed by atoms with Crippen LogP contribution in [-0.4, -0.2) is 42.1 Å². The Balaban J connectivity index is 1.53. The Hall–Kier alpha value is -2.28. The number of amides is 2. The molecule has 2 amide bonds. The molecule has 0 aliphatic carbocycles. The van der Waals surface area contributed by atoms with Gasteiger partial charge >= 0.3 is 0 Å². The Morgan fingerprint density at radius 2 is 1.96 bits per heavy atom. The first-order valence-corrected chi connectivity index (χ1v) is 9.19. The maximum absolute atomic E-state index is 12.6. The molecule has 2 aliphatic rings. The summed E-state index contributed by atoms with van der Waals surface area (Å²) in [6, 6.07) is 5.35. The van der Waals surface area contributed by atoms with Crippen molar-refractivity contribution in [1.82, 2.24) is 4.90 Å². The smallest absolute Gasteiger partial charge is 0.242 e. The van der Waals surface area contributed by atoms with Gasteiger partial charge in [0, 0.05) is 30.8 Å². The zero-order valence-electron chi connectivity index (χ0n) is 15.4. The van der Waals surface area contributed by atoms with E-state index in [2.05, 4.69) is 5.32 Å². The van der Waals surface area contributed by atoms with E-state index in [1.807, 2.05) is 6.92 Å². The van der Waals surface area contributed by atoms with Gasteiger partial charge in [0.25, 0.3) is 0 Å². The predicted molar refractivity (Wildman–Crippen MR) is 98.0 cm³/mol. The highest BCUT2D eigenvalue weighted by atomic mass is 16.7.